The van der Waals surface area contributed by atoms with Crippen molar-refractivity contribution in [3.05, 3.63) is 30.0 Å². The summed E-state index contributed by atoms with van der Waals surface area (Å²) in [7, 11) is 2.13. The third-order valence-electron chi connectivity index (χ3n) is 4.31. The van der Waals surface area contributed by atoms with Gasteiger partial charge in [-0.3, -0.25) is 9.89 Å². The molecule has 2 aromatic rings. The Morgan fingerprint density at radius 1 is 1.38 bits per heavy atom. The van der Waals surface area contributed by atoms with Crippen LogP contribution in [0.15, 0.2) is 24.3 Å². The first-order valence-electron chi connectivity index (χ1n) is 7.63. The van der Waals surface area contributed by atoms with E-state index in [1.807, 2.05) is 29.2 Å². The lowest BCUT2D eigenvalue weighted by molar-refractivity contribution is 0.0671. The van der Waals surface area contributed by atoms with E-state index in [4.69, 9.17) is 0 Å². The fourth-order valence-electron chi connectivity index (χ4n) is 3.12. The molecule has 1 aliphatic heterocycles. The number of aromatic amines is 1. The van der Waals surface area contributed by atoms with E-state index in [2.05, 4.69) is 29.1 Å². The van der Waals surface area contributed by atoms with Crippen LogP contribution in [0.3, 0.4) is 0 Å². The molecule has 0 spiro atoms. The van der Waals surface area contributed by atoms with Crippen molar-refractivity contribution < 1.29 is 4.79 Å². The van der Waals surface area contributed by atoms with Crippen molar-refractivity contribution in [1.82, 2.24) is 20.0 Å². The minimum atomic E-state index is 0.0506. The lowest BCUT2D eigenvalue weighted by Gasteiger charge is -2.29. The van der Waals surface area contributed by atoms with Crippen molar-refractivity contribution in [2.75, 3.05) is 26.7 Å². The maximum atomic E-state index is 12.9. The minimum absolute atomic E-state index is 0.0506. The third kappa shape index (κ3) is 2.65. The molecule has 3 rings (SSSR count). The smallest absolute Gasteiger partial charge is 0.275 e. The molecule has 1 aromatic carbocycles. The van der Waals surface area contributed by atoms with Gasteiger partial charge in [0.1, 0.15) is 0 Å². The lowest BCUT2D eigenvalue weighted by Crippen LogP contribution is -2.43. The zero-order chi connectivity index (χ0) is 14.8. The molecule has 1 unspecified atom stereocenters. The standard InChI is InChI=1S/C16H22N4O/c1-3-12-11-19(2)9-6-10-20(12)16(21)15-13-7-4-5-8-14(13)17-18-15/h4-5,7-8,12H,3,6,9-11H2,1-2H3,(H,17,18). The molecule has 21 heavy (non-hydrogen) atoms. The topological polar surface area (TPSA) is 52.2 Å². The van der Waals surface area contributed by atoms with Gasteiger partial charge in [-0.2, -0.15) is 5.10 Å². The molecule has 1 N–H and O–H groups in total. The Kier molecular flexibility index (Phi) is 3.92. The average Bonchev–Trinajstić information content (AvgIpc) is 2.83. The van der Waals surface area contributed by atoms with Gasteiger partial charge in [-0.1, -0.05) is 25.1 Å². The zero-order valence-corrected chi connectivity index (χ0v) is 12.7. The highest BCUT2D eigenvalue weighted by atomic mass is 16.2. The van der Waals surface area contributed by atoms with Crippen LogP contribution in [-0.4, -0.2) is 58.6 Å². The minimum Gasteiger partial charge on any atom is -0.333 e. The molecule has 1 aromatic heterocycles. The van der Waals surface area contributed by atoms with E-state index in [0.29, 0.717) is 5.69 Å². The van der Waals surface area contributed by atoms with Crippen LogP contribution < -0.4 is 0 Å². The number of hydrogen-bond acceptors (Lipinski definition) is 3. The van der Waals surface area contributed by atoms with Gasteiger partial charge in [0.05, 0.1) is 5.52 Å². The van der Waals surface area contributed by atoms with Crippen molar-refractivity contribution in [3.63, 3.8) is 0 Å². The molecule has 1 aliphatic rings. The van der Waals surface area contributed by atoms with Gasteiger partial charge in [-0.15, -0.1) is 0 Å². The van der Waals surface area contributed by atoms with E-state index in [9.17, 15) is 4.79 Å². The largest absolute Gasteiger partial charge is 0.333 e. The summed E-state index contributed by atoms with van der Waals surface area (Å²) >= 11 is 0. The molecule has 5 heteroatoms. The highest BCUT2D eigenvalue weighted by Gasteiger charge is 2.29. The number of fused-ring (bicyclic) bond motifs is 1. The van der Waals surface area contributed by atoms with Gasteiger partial charge in [0, 0.05) is 24.5 Å². The number of benzene rings is 1. The first-order chi connectivity index (χ1) is 10.2. The molecule has 1 amide bonds. The quantitative estimate of drug-likeness (QED) is 0.920. The van der Waals surface area contributed by atoms with Gasteiger partial charge in [0.2, 0.25) is 0 Å². The van der Waals surface area contributed by atoms with Crippen LogP contribution in [-0.2, 0) is 0 Å². The highest BCUT2D eigenvalue weighted by molar-refractivity contribution is 6.04. The second-order valence-corrected chi connectivity index (χ2v) is 5.79. The number of rotatable bonds is 2. The second-order valence-electron chi connectivity index (χ2n) is 5.79. The van der Waals surface area contributed by atoms with E-state index in [1.165, 1.54) is 0 Å². The Bertz CT molecular complexity index is 636. The van der Waals surface area contributed by atoms with Crippen LogP contribution >= 0.6 is 0 Å². The Hall–Kier alpha value is -1.88. The van der Waals surface area contributed by atoms with Gasteiger partial charge in [0.15, 0.2) is 5.69 Å². The molecular formula is C16H22N4O. The Balaban J connectivity index is 1.92. The number of carbonyl (C=O) groups excluding carboxylic acids is 1. The normalized spacial score (nSPS) is 20.7. The van der Waals surface area contributed by atoms with Crippen molar-refractivity contribution in [3.8, 4) is 0 Å². The number of carbonyl (C=O) groups is 1. The third-order valence-corrected chi connectivity index (χ3v) is 4.31. The average molecular weight is 286 g/mol. The molecular weight excluding hydrogens is 264 g/mol. The van der Waals surface area contributed by atoms with Crippen molar-refractivity contribution in [2.45, 2.75) is 25.8 Å². The number of nitrogens with one attached hydrogen (secondary N) is 1. The molecule has 112 valence electrons. The highest BCUT2D eigenvalue weighted by Crippen LogP contribution is 2.20. The van der Waals surface area contributed by atoms with E-state index in [1.54, 1.807) is 0 Å². The summed E-state index contributed by atoms with van der Waals surface area (Å²) < 4.78 is 0. The van der Waals surface area contributed by atoms with Crippen molar-refractivity contribution in [2.24, 2.45) is 0 Å². The molecule has 0 radical (unpaired) electrons. The summed E-state index contributed by atoms with van der Waals surface area (Å²) in [5, 5.41) is 8.13. The summed E-state index contributed by atoms with van der Waals surface area (Å²) in [5.41, 5.74) is 1.47. The van der Waals surface area contributed by atoms with Crippen LogP contribution in [0.25, 0.3) is 10.9 Å². The van der Waals surface area contributed by atoms with Crippen LogP contribution in [0.4, 0.5) is 0 Å². The summed E-state index contributed by atoms with van der Waals surface area (Å²) in [4.78, 5) is 17.2. The molecule has 0 saturated carbocycles. The van der Waals surface area contributed by atoms with Crippen molar-refractivity contribution >= 4 is 16.8 Å². The second kappa shape index (κ2) is 5.85. The monoisotopic (exact) mass is 286 g/mol. The van der Waals surface area contributed by atoms with E-state index >= 15 is 0 Å². The molecule has 0 aliphatic carbocycles. The molecule has 5 nitrogen and oxygen atoms in total. The predicted molar refractivity (Wildman–Crippen MR) is 83.3 cm³/mol. The first kappa shape index (κ1) is 14.1. The van der Waals surface area contributed by atoms with Crippen LogP contribution in [0.5, 0.6) is 0 Å². The van der Waals surface area contributed by atoms with Gasteiger partial charge < -0.3 is 9.80 Å². The number of nitrogens with zero attached hydrogens (tertiary/aromatic N) is 3. The molecule has 0 bridgehead atoms. The van der Waals surface area contributed by atoms with Crippen LogP contribution in [0.2, 0.25) is 0 Å². The molecule has 1 saturated heterocycles. The summed E-state index contributed by atoms with van der Waals surface area (Å²) in [6, 6.07) is 8.07. The van der Waals surface area contributed by atoms with Gasteiger partial charge >= 0.3 is 0 Å². The predicted octanol–water partition coefficient (Wildman–Crippen LogP) is 2.12. The fourth-order valence-corrected chi connectivity index (χ4v) is 3.12. The van der Waals surface area contributed by atoms with E-state index in [-0.39, 0.29) is 11.9 Å². The van der Waals surface area contributed by atoms with Gasteiger partial charge in [0.25, 0.3) is 5.91 Å². The van der Waals surface area contributed by atoms with Gasteiger partial charge in [-0.25, -0.2) is 0 Å². The van der Waals surface area contributed by atoms with E-state index < -0.39 is 0 Å². The number of aromatic nitrogens is 2. The van der Waals surface area contributed by atoms with Gasteiger partial charge in [-0.05, 0) is 32.5 Å². The maximum Gasteiger partial charge on any atom is 0.275 e. The maximum absolute atomic E-state index is 12.9. The number of H-pyrrole nitrogens is 1. The molecule has 1 fully saturated rings. The fraction of sp³-hybridized carbons (Fsp3) is 0.500. The Labute approximate surface area is 124 Å². The molecule has 1 atom stereocenters. The Morgan fingerprint density at radius 3 is 3.00 bits per heavy atom. The first-order valence-corrected chi connectivity index (χ1v) is 7.63. The summed E-state index contributed by atoms with van der Waals surface area (Å²) in [5.74, 6) is 0.0506. The van der Waals surface area contributed by atoms with Crippen LogP contribution in [0.1, 0.15) is 30.3 Å². The van der Waals surface area contributed by atoms with Crippen LogP contribution in [0, 0.1) is 0 Å². The Morgan fingerprint density at radius 2 is 2.19 bits per heavy atom. The summed E-state index contributed by atoms with van der Waals surface area (Å²) in [6.45, 7) is 4.93. The summed E-state index contributed by atoms with van der Waals surface area (Å²) in [6.07, 6.45) is 1.99. The number of para-hydroxylation sites is 1. The SMILES string of the molecule is CCC1CN(C)CCCN1C(=O)c1n[nH]c2ccccc12. The number of amides is 1. The molecule has 2 heterocycles. The number of likely N-dealkylation sites (N-methyl/N-ethyl adjacent to an activating group) is 1. The van der Waals surface area contributed by atoms with E-state index in [0.717, 1.165) is 43.4 Å². The zero-order valence-electron chi connectivity index (χ0n) is 12.7. The lowest BCUT2D eigenvalue weighted by atomic mass is 10.1. The van der Waals surface area contributed by atoms with Crippen molar-refractivity contribution in [1.29, 1.82) is 0 Å². The number of hydrogen-bond donors (Lipinski definition) is 1.